The number of primary amides is 1. The Kier molecular flexibility index (Phi) is 6.37. The van der Waals surface area contributed by atoms with Gasteiger partial charge in [0.05, 0.1) is 0 Å². The van der Waals surface area contributed by atoms with E-state index in [2.05, 4.69) is 16.0 Å². The third-order valence-corrected chi connectivity index (χ3v) is 2.98. The van der Waals surface area contributed by atoms with Crippen LogP contribution in [0.3, 0.4) is 0 Å². The average Bonchev–Trinajstić information content (AvgIpc) is 2.44. The lowest BCUT2D eigenvalue weighted by Gasteiger charge is -2.20. The second-order valence-electron chi connectivity index (χ2n) is 5.16. The minimum Gasteiger partial charge on any atom is -0.352 e. The van der Waals surface area contributed by atoms with Gasteiger partial charge in [0.15, 0.2) is 0 Å². The van der Waals surface area contributed by atoms with Gasteiger partial charge in [0.1, 0.15) is 6.04 Å². The van der Waals surface area contributed by atoms with E-state index < -0.39 is 12.1 Å². The molecule has 5 N–H and O–H groups in total. The molecule has 1 atom stereocenters. The predicted octanol–water partition coefficient (Wildman–Crippen LogP) is 1.07. The zero-order valence-corrected chi connectivity index (χ0v) is 13.0. The topological polar surface area (TPSA) is 113 Å². The fourth-order valence-corrected chi connectivity index (χ4v) is 1.91. The maximum Gasteiger partial charge on any atom is 0.312 e. The summed E-state index contributed by atoms with van der Waals surface area (Å²) in [6.45, 7) is 5.94. The van der Waals surface area contributed by atoms with Crippen molar-refractivity contribution in [2.24, 2.45) is 11.7 Å². The number of amides is 4. The van der Waals surface area contributed by atoms with E-state index in [0.29, 0.717) is 17.8 Å². The maximum absolute atomic E-state index is 12.2. The summed E-state index contributed by atoms with van der Waals surface area (Å²) in [5.74, 6) is -0.727. The van der Waals surface area contributed by atoms with Gasteiger partial charge in [-0.15, -0.1) is 0 Å². The fourth-order valence-electron chi connectivity index (χ4n) is 1.91. The minimum absolute atomic E-state index is 0.126. The van der Waals surface area contributed by atoms with Crippen molar-refractivity contribution in [3.8, 4) is 0 Å². The van der Waals surface area contributed by atoms with Crippen molar-refractivity contribution < 1.29 is 14.4 Å². The zero-order valence-electron chi connectivity index (χ0n) is 13.0. The van der Waals surface area contributed by atoms with E-state index in [9.17, 15) is 14.4 Å². The van der Waals surface area contributed by atoms with Crippen LogP contribution in [0.25, 0.3) is 0 Å². The lowest BCUT2D eigenvalue weighted by molar-refractivity contribution is -0.118. The molecule has 7 heteroatoms. The largest absolute Gasteiger partial charge is 0.352 e. The van der Waals surface area contributed by atoms with Crippen LogP contribution in [0.1, 0.15) is 31.1 Å². The lowest BCUT2D eigenvalue weighted by Crippen LogP contribution is -2.49. The van der Waals surface area contributed by atoms with Crippen molar-refractivity contribution in [2.75, 3.05) is 11.9 Å². The lowest BCUT2D eigenvalue weighted by atomic mass is 10.0. The maximum atomic E-state index is 12.2. The highest BCUT2D eigenvalue weighted by Crippen LogP contribution is 2.12. The molecule has 1 aromatic carbocycles. The monoisotopic (exact) mass is 306 g/mol. The summed E-state index contributed by atoms with van der Waals surface area (Å²) >= 11 is 0. The zero-order chi connectivity index (χ0) is 16.7. The summed E-state index contributed by atoms with van der Waals surface area (Å²) in [5.41, 5.74) is 6.00. The minimum atomic E-state index is -0.759. The van der Waals surface area contributed by atoms with E-state index in [1.165, 1.54) is 0 Å². The normalized spacial score (nSPS) is 11.6. The molecule has 4 amide bonds. The third kappa shape index (κ3) is 5.08. The Hall–Kier alpha value is -2.57. The molecule has 0 fully saturated rings. The summed E-state index contributed by atoms with van der Waals surface area (Å²) in [5, 5.41) is 7.77. The second-order valence-corrected chi connectivity index (χ2v) is 5.16. The van der Waals surface area contributed by atoms with Crippen LogP contribution in [-0.4, -0.2) is 30.4 Å². The van der Waals surface area contributed by atoms with Gasteiger partial charge in [0.25, 0.3) is 5.91 Å². The summed E-state index contributed by atoms with van der Waals surface area (Å²) in [4.78, 5) is 35.0. The SMILES string of the molecule is CCNC(=O)c1cccc(NC(=O)C(NC(N)=O)C(C)C)c1. The highest BCUT2D eigenvalue weighted by molar-refractivity contribution is 5.99. The molecule has 0 bridgehead atoms. The van der Waals surface area contributed by atoms with Crippen LogP contribution in [0.5, 0.6) is 0 Å². The number of hydrogen-bond acceptors (Lipinski definition) is 3. The first kappa shape index (κ1) is 17.5. The van der Waals surface area contributed by atoms with Crippen LogP contribution in [-0.2, 0) is 4.79 Å². The van der Waals surface area contributed by atoms with E-state index >= 15 is 0 Å². The van der Waals surface area contributed by atoms with Crippen molar-refractivity contribution in [1.82, 2.24) is 10.6 Å². The van der Waals surface area contributed by atoms with Gasteiger partial charge in [-0.25, -0.2) is 4.79 Å². The van der Waals surface area contributed by atoms with Gasteiger partial charge < -0.3 is 21.7 Å². The van der Waals surface area contributed by atoms with E-state index in [4.69, 9.17) is 5.73 Å². The first-order chi connectivity index (χ1) is 10.3. The molecule has 0 radical (unpaired) electrons. The highest BCUT2D eigenvalue weighted by atomic mass is 16.2. The summed E-state index contributed by atoms with van der Waals surface area (Å²) in [6, 6.07) is 5.07. The summed E-state index contributed by atoms with van der Waals surface area (Å²) in [7, 11) is 0. The van der Waals surface area contributed by atoms with Gasteiger partial charge >= 0.3 is 6.03 Å². The van der Waals surface area contributed by atoms with Gasteiger partial charge in [-0.2, -0.15) is 0 Å². The van der Waals surface area contributed by atoms with Crippen LogP contribution >= 0.6 is 0 Å². The second kappa shape index (κ2) is 8.02. The molecule has 0 spiro atoms. The number of nitrogens with one attached hydrogen (secondary N) is 3. The van der Waals surface area contributed by atoms with E-state index in [1.807, 2.05) is 6.92 Å². The van der Waals surface area contributed by atoms with Crippen LogP contribution in [0.4, 0.5) is 10.5 Å². The van der Waals surface area contributed by atoms with Gasteiger partial charge in [-0.05, 0) is 31.0 Å². The molecular weight excluding hydrogens is 284 g/mol. The molecule has 0 aliphatic carbocycles. The van der Waals surface area contributed by atoms with Crippen molar-refractivity contribution in [3.63, 3.8) is 0 Å². The quantitative estimate of drug-likeness (QED) is 0.630. The van der Waals surface area contributed by atoms with E-state index in [1.54, 1.807) is 38.1 Å². The number of carbonyl (C=O) groups excluding carboxylic acids is 3. The molecule has 0 aromatic heterocycles. The Labute approximate surface area is 129 Å². The van der Waals surface area contributed by atoms with Crippen LogP contribution in [0.15, 0.2) is 24.3 Å². The number of hydrogen-bond donors (Lipinski definition) is 4. The number of carbonyl (C=O) groups is 3. The molecule has 1 aromatic rings. The van der Waals surface area contributed by atoms with Crippen molar-refractivity contribution in [2.45, 2.75) is 26.8 Å². The summed E-state index contributed by atoms with van der Waals surface area (Å²) in [6.07, 6.45) is 0. The fraction of sp³-hybridized carbons (Fsp3) is 0.400. The number of anilines is 1. The Morgan fingerprint density at radius 1 is 1.23 bits per heavy atom. The third-order valence-electron chi connectivity index (χ3n) is 2.98. The number of urea groups is 1. The van der Waals surface area contributed by atoms with Crippen molar-refractivity contribution in [1.29, 1.82) is 0 Å². The van der Waals surface area contributed by atoms with Crippen LogP contribution < -0.4 is 21.7 Å². The number of benzene rings is 1. The molecular formula is C15H22N4O3. The Bertz CT molecular complexity index is 557. The molecule has 120 valence electrons. The molecule has 22 heavy (non-hydrogen) atoms. The predicted molar refractivity (Wildman–Crippen MR) is 84.4 cm³/mol. The van der Waals surface area contributed by atoms with Gasteiger partial charge in [0, 0.05) is 17.8 Å². The Balaban J connectivity index is 2.84. The van der Waals surface area contributed by atoms with Crippen molar-refractivity contribution >= 4 is 23.5 Å². The molecule has 1 rings (SSSR count). The molecule has 0 saturated carbocycles. The van der Waals surface area contributed by atoms with E-state index in [0.717, 1.165) is 0 Å². The van der Waals surface area contributed by atoms with Crippen LogP contribution in [0.2, 0.25) is 0 Å². The summed E-state index contributed by atoms with van der Waals surface area (Å²) < 4.78 is 0. The van der Waals surface area contributed by atoms with Crippen LogP contribution in [0, 0.1) is 5.92 Å². The smallest absolute Gasteiger partial charge is 0.312 e. The first-order valence-electron chi connectivity index (χ1n) is 7.10. The molecule has 0 saturated heterocycles. The van der Waals surface area contributed by atoms with E-state index in [-0.39, 0.29) is 17.7 Å². The molecule has 1 unspecified atom stereocenters. The average molecular weight is 306 g/mol. The molecule has 0 aliphatic heterocycles. The molecule has 7 nitrogen and oxygen atoms in total. The van der Waals surface area contributed by atoms with Gasteiger partial charge in [-0.1, -0.05) is 19.9 Å². The standard InChI is InChI=1S/C15H22N4O3/c1-4-17-13(20)10-6-5-7-11(8-10)18-14(21)12(9(2)3)19-15(16)22/h5-9,12H,4H2,1-3H3,(H,17,20)(H,18,21)(H3,16,19,22). The van der Waals surface area contributed by atoms with Gasteiger partial charge in [0.2, 0.25) is 5.91 Å². The number of rotatable bonds is 6. The Morgan fingerprint density at radius 2 is 1.91 bits per heavy atom. The number of nitrogens with two attached hydrogens (primary N) is 1. The van der Waals surface area contributed by atoms with Gasteiger partial charge in [-0.3, -0.25) is 9.59 Å². The first-order valence-corrected chi connectivity index (χ1v) is 7.10. The Morgan fingerprint density at radius 3 is 2.45 bits per heavy atom. The van der Waals surface area contributed by atoms with Crippen molar-refractivity contribution in [3.05, 3.63) is 29.8 Å². The molecule has 0 aliphatic rings. The highest BCUT2D eigenvalue weighted by Gasteiger charge is 2.23. The molecule has 0 heterocycles.